The van der Waals surface area contributed by atoms with Gasteiger partial charge in [0.25, 0.3) is 5.89 Å². The van der Waals surface area contributed by atoms with Crippen LogP contribution in [0.15, 0.2) is 28.9 Å². The fraction of sp³-hybridized carbons (Fsp3) is 0.619. The zero-order valence-electron chi connectivity index (χ0n) is 15.8. The first-order valence-corrected chi connectivity index (χ1v) is 10.3. The van der Waals surface area contributed by atoms with E-state index in [0.29, 0.717) is 29.3 Å². The predicted octanol–water partition coefficient (Wildman–Crippen LogP) is 3.88. The van der Waals surface area contributed by atoms with E-state index >= 15 is 0 Å². The highest BCUT2D eigenvalue weighted by molar-refractivity contribution is 5.76. The number of nitrogens with zero attached hydrogens (tertiary/aromatic N) is 4. The largest absolute Gasteiger partial charge is 0.342 e. The number of piperidine rings is 1. The van der Waals surface area contributed by atoms with Crippen LogP contribution in [0, 0.1) is 11.8 Å². The maximum Gasteiger partial charge on any atom is 0.276 e. The minimum Gasteiger partial charge on any atom is -0.342 e. The number of carbonyl (C=O) groups excluding carboxylic acids is 1. The number of aromatic nitrogens is 3. The second-order valence-corrected chi connectivity index (χ2v) is 7.97. The van der Waals surface area contributed by atoms with Crippen molar-refractivity contribution in [3.8, 4) is 11.6 Å². The summed E-state index contributed by atoms with van der Waals surface area (Å²) >= 11 is 0. The Balaban J connectivity index is 1.27. The van der Waals surface area contributed by atoms with Crippen molar-refractivity contribution >= 4 is 5.91 Å². The summed E-state index contributed by atoms with van der Waals surface area (Å²) in [4.78, 5) is 23.4. The first-order valence-electron chi connectivity index (χ1n) is 10.3. The number of hydrogen-bond acceptors (Lipinski definition) is 5. The SMILES string of the molecule is O=C(CC1CCCC1)N1CCCC(CCc2noc(-c3ccccn3)n2)C1. The lowest BCUT2D eigenvalue weighted by Gasteiger charge is -2.33. The van der Waals surface area contributed by atoms with Crippen molar-refractivity contribution in [2.24, 2.45) is 11.8 Å². The van der Waals surface area contributed by atoms with E-state index in [1.54, 1.807) is 6.20 Å². The lowest BCUT2D eigenvalue weighted by molar-refractivity contribution is -0.134. The Morgan fingerprint density at radius 3 is 2.81 bits per heavy atom. The van der Waals surface area contributed by atoms with Gasteiger partial charge < -0.3 is 9.42 Å². The summed E-state index contributed by atoms with van der Waals surface area (Å²) in [5, 5.41) is 4.09. The summed E-state index contributed by atoms with van der Waals surface area (Å²) in [6.07, 6.45) is 11.6. The Kier molecular flexibility index (Phi) is 5.80. The number of pyridine rings is 1. The van der Waals surface area contributed by atoms with Gasteiger partial charge in [0, 0.05) is 32.1 Å². The molecular weight excluding hydrogens is 340 g/mol. The van der Waals surface area contributed by atoms with Gasteiger partial charge in [-0.2, -0.15) is 4.98 Å². The normalized spacial score (nSPS) is 20.9. The van der Waals surface area contributed by atoms with Crippen molar-refractivity contribution in [1.82, 2.24) is 20.0 Å². The van der Waals surface area contributed by atoms with Gasteiger partial charge in [-0.3, -0.25) is 9.78 Å². The van der Waals surface area contributed by atoms with E-state index in [1.807, 2.05) is 18.2 Å². The van der Waals surface area contributed by atoms with E-state index in [-0.39, 0.29) is 0 Å². The van der Waals surface area contributed by atoms with Crippen molar-refractivity contribution in [3.05, 3.63) is 30.2 Å². The predicted molar refractivity (Wildman–Crippen MR) is 102 cm³/mol. The molecule has 4 rings (SSSR count). The molecule has 6 heteroatoms. The molecule has 0 spiro atoms. The third-order valence-electron chi connectivity index (χ3n) is 5.94. The van der Waals surface area contributed by atoms with E-state index in [9.17, 15) is 4.79 Å². The van der Waals surface area contributed by atoms with Gasteiger partial charge in [-0.25, -0.2) is 0 Å². The third kappa shape index (κ3) is 4.73. The molecule has 0 aromatic carbocycles. The van der Waals surface area contributed by atoms with Crippen molar-refractivity contribution in [2.75, 3.05) is 13.1 Å². The topological polar surface area (TPSA) is 72.1 Å². The van der Waals surface area contributed by atoms with Crippen LogP contribution in [0.25, 0.3) is 11.6 Å². The van der Waals surface area contributed by atoms with E-state index in [0.717, 1.165) is 44.6 Å². The minimum absolute atomic E-state index is 0.364. The van der Waals surface area contributed by atoms with Gasteiger partial charge >= 0.3 is 0 Å². The Bertz CT molecular complexity index is 740. The quantitative estimate of drug-likeness (QED) is 0.774. The lowest BCUT2D eigenvalue weighted by Crippen LogP contribution is -2.40. The molecule has 0 radical (unpaired) electrons. The molecule has 1 saturated carbocycles. The molecule has 1 atom stereocenters. The molecule has 3 heterocycles. The zero-order valence-corrected chi connectivity index (χ0v) is 15.8. The van der Waals surface area contributed by atoms with E-state index in [4.69, 9.17) is 4.52 Å². The number of carbonyl (C=O) groups is 1. The van der Waals surface area contributed by atoms with Crippen LogP contribution in [0.2, 0.25) is 0 Å². The van der Waals surface area contributed by atoms with Crippen molar-refractivity contribution < 1.29 is 9.32 Å². The van der Waals surface area contributed by atoms with Crippen molar-refractivity contribution in [2.45, 2.75) is 57.8 Å². The van der Waals surface area contributed by atoms with Crippen LogP contribution in [0.5, 0.6) is 0 Å². The van der Waals surface area contributed by atoms with Crippen LogP contribution < -0.4 is 0 Å². The summed E-state index contributed by atoms with van der Waals surface area (Å²) in [5.74, 6) is 2.72. The Hall–Kier alpha value is -2.24. The Labute approximate surface area is 160 Å². The minimum atomic E-state index is 0.364. The Morgan fingerprint density at radius 2 is 2.00 bits per heavy atom. The molecule has 2 aliphatic rings. The average molecular weight is 368 g/mol. The number of rotatable bonds is 6. The number of hydrogen-bond donors (Lipinski definition) is 0. The van der Waals surface area contributed by atoms with Crippen LogP contribution >= 0.6 is 0 Å². The monoisotopic (exact) mass is 368 g/mol. The molecule has 1 amide bonds. The highest BCUT2D eigenvalue weighted by Crippen LogP contribution is 2.29. The van der Waals surface area contributed by atoms with Crippen LogP contribution in [-0.4, -0.2) is 39.0 Å². The Morgan fingerprint density at radius 1 is 1.15 bits per heavy atom. The zero-order chi connectivity index (χ0) is 18.5. The molecule has 6 nitrogen and oxygen atoms in total. The van der Waals surface area contributed by atoms with Gasteiger partial charge in [0.2, 0.25) is 5.91 Å². The smallest absolute Gasteiger partial charge is 0.276 e. The van der Waals surface area contributed by atoms with Gasteiger partial charge in [0.15, 0.2) is 5.82 Å². The molecule has 27 heavy (non-hydrogen) atoms. The summed E-state index contributed by atoms with van der Waals surface area (Å²) in [6.45, 7) is 1.81. The van der Waals surface area contributed by atoms with Gasteiger partial charge in [-0.05, 0) is 56.1 Å². The highest BCUT2D eigenvalue weighted by atomic mass is 16.5. The molecular formula is C21H28N4O2. The van der Waals surface area contributed by atoms with Crippen LogP contribution in [0.1, 0.15) is 57.2 Å². The van der Waals surface area contributed by atoms with Gasteiger partial charge in [0.05, 0.1) is 0 Å². The fourth-order valence-electron chi connectivity index (χ4n) is 4.40. The standard InChI is InChI=1S/C21H28N4O2/c26-20(14-16-6-1-2-7-16)25-13-5-8-17(15-25)10-11-19-23-21(27-24-19)18-9-3-4-12-22-18/h3-4,9,12,16-17H,1-2,5-8,10-11,13-15H2. The molecule has 0 N–H and O–H groups in total. The molecule has 1 aliphatic carbocycles. The fourth-order valence-corrected chi connectivity index (χ4v) is 4.40. The van der Waals surface area contributed by atoms with Crippen molar-refractivity contribution in [3.63, 3.8) is 0 Å². The van der Waals surface area contributed by atoms with E-state index < -0.39 is 0 Å². The molecule has 1 saturated heterocycles. The van der Waals surface area contributed by atoms with Crippen LogP contribution in [-0.2, 0) is 11.2 Å². The molecule has 2 aromatic rings. The molecule has 144 valence electrons. The second-order valence-electron chi connectivity index (χ2n) is 7.97. The molecule has 1 aliphatic heterocycles. The summed E-state index contributed by atoms with van der Waals surface area (Å²) in [6, 6.07) is 5.64. The first kappa shape index (κ1) is 18.1. The lowest BCUT2D eigenvalue weighted by atomic mass is 9.92. The van der Waals surface area contributed by atoms with E-state index in [1.165, 1.54) is 32.1 Å². The number of amides is 1. The van der Waals surface area contributed by atoms with Gasteiger partial charge in [0.1, 0.15) is 5.69 Å². The second kappa shape index (κ2) is 8.63. The average Bonchev–Trinajstić information content (AvgIpc) is 3.39. The number of aryl methyl sites for hydroxylation is 1. The molecule has 2 aromatic heterocycles. The molecule has 0 bridgehead atoms. The third-order valence-corrected chi connectivity index (χ3v) is 5.94. The first-order chi connectivity index (χ1) is 13.3. The summed E-state index contributed by atoms with van der Waals surface area (Å²) in [7, 11) is 0. The van der Waals surface area contributed by atoms with Crippen molar-refractivity contribution in [1.29, 1.82) is 0 Å². The highest BCUT2D eigenvalue weighted by Gasteiger charge is 2.26. The van der Waals surface area contributed by atoms with Crippen LogP contribution in [0.3, 0.4) is 0 Å². The maximum atomic E-state index is 12.6. The van der Waals surface area contributed by atoms with Crippen LogP contribution in [0.4, 0.5) is 0 Å². The van der Waals surface area contributed by atoms with E-state index in [2.05, 4.69) is 20.0 Å². The summed E-state index contributed by atoms with van der Waals surface area (Å²) in [5.41, 5.74) is 0.706. The maximum absolute atomic E-state index is 12.6. The molecule has 1 unspecified atom stereocenters. The van der Waals surface area contributed by atoms with Gasteiger partial charge in [-0.15, -0.1) is 0 Å². The van der Waals surface area contributed by atoms with Gasteiger partial charge in [-0.1, -0.05) is 24.1 Å². The number of likely N-dealkylation sites (tertiary alicyclic amines) is 1. The summed E-state index contributed by atoms with van der Waals surface area (Å²) < 4.78 is 5.34. The molecule has 2 fully saturated rings.